The highest BCUT2D eigenvalue weighted by Gasteiger charge is 2.10. The van der Waals surface area contributed by atoms with E-state index in [2.05, 4.69) is 20.5 Å². The molecule has 0 spiro atoms. The Bertz CT molecular complexity index is 810. The first kappa shape index (κ1) is 16.1. The van der Waals surface area contributed by atoms with Gasteiger partial charge < -0.3 is 5.32 Å². The lowest BCUT2D eigenvalue weighted by molar-refractivity contribution is -0.113. The summed E-state index contributed by atoms with van der Waals surface area (Å²) in [5.74, 6) is 0.210. The number of nitrogens with zero attached hydrogens (tertiary/aromatic N) is 3. The molecule has 0 bridgehead atoms. The zero-order valence-electron chi connectivity index (χ0n) is 12.6. The van der Waals surface area contributed by atoms with Crippen LogP contribution in [0.3, 0.4) is 0 Å². The number of aryl methyl sites for hydroxylation is 2. The summed E-state index contributed by atoms with van der Waals surface area (Å²) in [6.45, 7) is 3.94. The molecule has 2 aromatic heterocycles. The summed E-state index contributed by atoms with van der Waals surface area (Å²) in [7, 11) is 0. The third-order valence-corrected chi connectivity index (χ3v) is 5.66. The molecular formula is C15H14N4OS3. The van der Waals surface area contributed by atoms with Gasteiger partial charge in [0.1, 0.15) is 5.01 Å². The van der Waals surface area contributed by atoms with E-state index in [1.165, 1.54) is 40.0 Å². The summed E-state index contributed by atoms with van der Waals surface area (Å²) < 4.78 is 0.803. The number of hydrogen-bond donors (Lipinski definition) is 1. The molecule has 0 unspecified atom stereocenters. The second-order valence-electron chi connectivity index (χ2n) is 4.83. The summed E-state index contributed by atoms with van der Waals surface area (Å²) in [6, 6.07) is 8.16. The standard InChI is InChI=1S/C15H14N4OS3/c1-9-3-5-11(6-4-9)12-7-21-14(16-12)17-13(20)8-22-15-19-18-10(2)23-15/h3-7H,8H2,1-2H3,(H,16,17,20). The maximum atomic E-state index is 12.0. The summed E-state index contributed by atoms with van der Waals surface area (Å²) in [4.78, 5) is 16.4. The second kappa shape index (κ2) is 7.20. The highest BCUT2D eigenvalue weighted by Crippen LogP contribution is 2.26. The predicted molar refractivity (Wildman–Crippen MR) is 96.3 cm³/mol. The van der Waals surface area contributed by atoms with E-state index < -0.39 is 0 Å². The van der Waals surface area contributed by atoms with Crippen LogP contribution in [0, 0.1) is 13.8 Å². The van der Waals surface area contributed by atoms with Crippen LogP contribution in [0.1, 0.15) is 10.6 Å². The quantitative estimate of drug-likeness (QED) is 0.695. The number of hydrogen-bond acceptors (Lipinski definition) is 7. The van der Waals surface area contributed by atoms with Crippen molar-refractivity contribution in [3.8, 4) is 11.3 Å². The van der Waals surface area contributed by atoms with Crippen LogP contribution in [0.15, 0.2) is 34.0 Å². The van der Waals surface area contributed by atoms with Gasteiger partial charge in [-0.05, 0) is 13.8 Å². The average molecular weight is 363 g/mol. The van der Waals surface area contributed by atoms with Gasteiger partial charge in [0.2, 0.25) is 5.91 Å². The molecule has 0 saturated carbocycles. The van der Waals surface area contributed by atoms with Crippen molar-refractivity contribution in [3.05, 3.63) is 40.2 Å². The Balaban J connectivity index is 1.58. The van der Waals surface area contributed by atoms with Crippen molar-refractivity contribution in [3.63, 3.8) is 0 Å². The second-order valence-corrected chi connectivity index (χ2v) is 8.09. The Morgan fingerprint density at radius 1 is 1.22 bits per heavy atom. The fourth-order valence-electron chi connectivity index (χ4n) is 1.81. The van der Waals surface area contributed by atoms with E-state index in [0.717, 1.165) is 20.6 Å². The van der Waals surface area contributed by atoms with Gasteiger partial charge in [0.25, 0.3) is 0 Å². The molecule has 1 aromatic carbocycles. The third-order valence-electron chi connectivity index (χ3n) is 2.93. The van der Waals surface area contributed by atoms with Crippen molar-refractivity contribution in [2.75, 3.05) is 11.1 Å². The Hall–Kier alpha value is -1.77. The number of benzene rings is 1. The van der Waals surface area contributed by atoms with Gasteiger partial charge in [0.15, 0.2) is 9.47 Å². The summed E-state index contributed by atoms with van der Waals surface area (Å²) >= 11 is 4.29. The number of amides is 1. The lowest BCUT2D eigenvalue weighted by Crippen LogP contribution is -2.13. The van der Waals surface area contributed by atoms with Gasteiger partial charge in [0.05, 0.1) is 11.4 Å². The molecular weight excluding hydrogens is 348 g/mol. The van der Waals surface area contributed by atoms with Gasteiger partial charge in [-0.2, -0.15) is 0 Å². The third kappa shape index (κ3) is 4.37. The van der Waals surface area contributed by atoms with Gasteiger partial charge in [-0.25, -0.2) is 4.98 Å². The molecule has 1 amide bonds. The number of thiazole rings is 1. The van der Waals surface area contributed by atoms with E-state index in [-0.39, 0.29) is 5.91 Å². The summed E-state index contributed by atoms with van der Waals surface area (Å²) in [6.07, 6.45) is 0. The van der Waals surface area contributed by atoms with Crippen LogP contribution in [0.4, 0.5) is 5.13 Å². The largest absolute Gasteiger partial charge is 0.301 e. The molecule has 5 nitrogen and oxygen atoms in total. The Labute approximate surface area is 146 Å². The van der Waals surface area contributed by atoms with Crippen LogP contribution in [0.25, 0.3) is 11.3 Å². The SMILES string of the molecule is Cc1ccc(-c2csc(NC(=O)CSc3nnc(C)s3)n2)cc1. The van der Waals surface area contributed by atoms with E-state index >= 15 is 0 Å². The van der Waals surface area contributed by atoms with Gasteiger partial charge in [-0.15, -0.1) is 21.5 Å². The maximum Gasteiger partial charge on any atom is 0.236 e. The minimum absolute atomic E-state index is 0.0901. The first-order valence-corrected chi connectivity index (χ1v) is 9.53. The fraction of sp³-hybridized carbons (Fsp3) is 0.200. The van der Waals surface area contributed by atoms with E-state index in [1.54, 1.807) is 0 Å². The van der Waals surface area contributed by atoms with Crippen LogP contribution in [-0.2, 0) is 4.79 Å². The fourth-order valence-corrected chi connectivity index (χ4v) is 4.16. The highest BCUT2D eigenvalue weighted by atomic mass is 32.2. The summed E-state index contributed by atoms with van der Waals surface area (Å²) in [5, 5.41) is 14.2. The number of nitrogens with one attached hydrogen (secondary N) is 1. The van der Waals surface area contributed by atoms with E-state index in [0.29, 0.717) is 10.9 Å². The molecule has 8 heteroatoms. The molecule has 0 atom stereocenters. The summed E-state index contributed by atoms with van der Waals surface area (Å²) in [5.41, 5.74) is 3.13. The molecule has 0 fully saturated rings. The van der Waals surface area contributed by atoms with Gasteiger partial charge >= 0.3 is 0 Å². The van der Waals surface area contributed by atoms with Crippen molar-refractivity contribution < 1.29 is 4.79 Å². The van der Waals surface area contributed by atoms with Crippen molar-refractivity contribution in [2.24, 2.45) is 0 Å². The van der Waals surface area contributed by atoms with Crippen molar-refractivity contribution in [2.45, 2.75) is 18.2 Å². The zero-order valence-corrected chi connectivity index (χ0v) is 15.0. The molecule has 23 heavy (non-hydrogen) atoms. The van der Waals surface area contributed by atoms with Gasteiger partial charge in [-0.3, -0.25) is 4.79 Å². The number of carbonyl (C=O) groups excluding carboxylic acids is 1. The monoisotopic (exact) mass is 362 g/mol. The predicted octanol–water partition coefficient (Wildman–Crippen LogP) is 4.01. The molecule has 118 valence electrons. The van der Waals surface area contributed by atoms with Gasteiger partial charge in [0, 0.05) is 10.9 Å². The van der Waals surface area contributed by atoms with E-state index in [9.17, 15) is 4.79 Å². The average Bonchev–Trinajstić information content (AvgIpc) is 3.15. The molecule has 0 radical (unpaired) electrons. The van der Waals surface area contributed by atoms with Crippen LogP contribution in [0.2, 0.25) is 0 Å². The highest BCUT2D eigenvalue weighted by molar-refractivity contribution is 8.01. The van der Waals surface area contributed by atoms with E-state index in [1.807, 2.05) is 43.5 Å². The molecule has 1 N–H and O–H groups in total. The molecule has 0 aliphatic carbocycles. The smallest absolute Gasteiger partial charge is 0.236 e. The Morgan fingerprint density at radius 3 is 2.70 bits per heavy atom. The molecule has 0 saturated heterocycles. The van der Waals surface area contributed by atoms with Crippen LogP contribution in [0.5, 0.6) is 0 Å². The van der Waals surface area contributed by atoms with Crippen molar-refractivity contribution >= 4 is 45.5 Å². The van der Waals surface area contributed by atoms with E-state index in [4.69, 9.17) is 0 Å². The first-order chi connectivity index (χ1) is 11.1. The normalized spacial score (nSPS) is 10.7. The number of aromatic nitrogens is 3. The maximum absolute atomic E-state index is 12.0. The Morgan fingerprint density at radius 2 is 2.00 bits per heavy atom. The van der Waals surface area contributed by atoms with Crippen LogP contribution in [-0.4, -0.2) is 26.8 Å². The van der Waals surface area contributed by atoms with Crippen molar-refractivity contribution in [1.82, 2.24) is 15.2 Å². The van der Waals surface area contributed by atoms with Crippen molar-refractivity contribution in [1.29, 1.82) is 0 Å². The minimum atomic E-state index is -0.0901. The molecule has 2 heterocycles. The van der Waals surface area contributed by atoms with Crippen LogP contribution >= 0.6 is 34.4 Å². The lowest BCUT2D eigenvalue weighted by Gasteiger charge is -2.00. The van der Waals surface area contributed by atoms with Crippen LogP contribution < -0.4 is 5.32 Å². The molecule has 3 rings (SSSR count). The zero-order chi connectivity index (χ0) is 16.2. The number of rotatable bonds is 5. The molecule has 0 aliphatic rings. The first-order valence-electron chi connectivity index (χ1n) is 6.85. The Kier molecular flexibility index (Phi) is 5.04. The topological polar surface area (TPSA) is 67.8 Å². The molecule has 0 aliphatic heterocycles. The molecule has 3 aromatic rings. The van der Waals surface area contributed by atoms with Gasteiger partial charge in [-0.1, -0.05) is 52.9 Å². The number of anilines is 1. The number of carbonyl (C=O) groups is 1. The minimum Gasteiger partial charge on any atom is -0.301 e. The number of thioether (sulfide) groups is 1. The lowest BCUT2D eigenvalue weighted by atomic mass is 10.1.